The van der Waals surface area contributed by atoms with Crippen molar-refractivity contribution in [2.75, 3.05) is 13.1 Å². The Labute approximate surface area is 179 Å². The summed E-state index contributed by atoms with van der Waals surface area (Å²) in [5, 5.41) is 20.9. The summed E-state index contributed by atoms with van der Waals surface area (Å²) in [6, 6.07) is 12.2. The average molecular weight is 421 g/mol. The number of hydrogen-bond donors (Lipinski definition) is 2. The number of nitrogens with zero attached hydrogens (tertiary/aromatic N) is 3. The minimum absolute atomic E-state index is 0.0193. The molecule has 160 valence electrons. The van der Waals surface area contributed by atoms with Crippen LogP contribution in [0.4, 0.5) is 4.39 Å². The lowest BCUT2D eigenvalue weighted by molar-refractivity contribution is 0.0394. The van der Waals surface area contributed by atoms with Crippen molar-refractivity contribution in [3.8, 4) is 17.0 Å². The number of para-hydroxylation sites is 1. The van der Waals surface area contributed by atoms with Crippen molar-refractivity contribution in [1.82, 2.24) is 14.5 Å². The number of halogens is 1. The van der Waals surface area contributed by atoms with Gasteiger partial charge in [0.05, 0.1) is 35.9 Å². The fourth-order valence-electron chi connectivity index (χ4n) is 4.94. The molecule has 2 aliphatic heterocycles. The van der Waals surface area contributed by atoms with Crippen LogP contribution in [0.25, 0.3) is 11.3 Å². The third-order valence-corrected chi connectivity index (χ3v) is 6.65. The molecule has 31 heavy (non-hydrogen) atoms. The molecule has 2 atom stereocenters. The molecule has 3 heterocycles. The van der Waals surface area contributed by atoms with Crippen LogP contribution in [0.3, 0.4) is 0 Å². The van der Waals surface area contributed by atoms with E-state index in [9.17, 15) is 19.4 Å². The number of imidazole rings is 1. The van der Waals surface area contributed by atoms with Crippen LogP contribution in [0.15, 0.2) is 55.0 Å². The van der Waals surface area contributed by atoms with E-state index >= 15 is 0 Å². The molecule has 0 radical (unpaired) electrons. The van der Waals surface area contributed by atoms with Crippen LogP contribution >= 0.6 is 0 Å². The van der Waals surface area contributed by atoms with Crippen LogP contribution < -0.4 is 0 Å². The van der Waals surface area contributed by atoms with Gasteiger partial charge in [-0.2, -0.15) is 0 Å². The summed E-state index contributed by atoms with van der Waals surface area (Å²) in [7, 11) is 0. The molecule has 5 rings (SSSR count). The first-order chi connectivity index (χ1) is 15.0. The van der Waals surface area contributed by atoms with Crippen LogP contribution in [-0.4, -0.2) is 49.8 Å². The predicted molar refractivity (Wildman–Crippen MR) is 113 cm³/mol. The Morgan fingerprint density at radius 1 is 1.16 bits per heavy atom. The maximum atomic E-state index is 13.6. The highest BCUT2D eigenvalue weighted by Crippen LogP contribution is 2.42. The van der Waals surface area contributed by atoms with Gasteiger partial charge in [0.15, 0.2) is 11.6 Å². The van der Waals surface area contributed by atoms with Crippen LogP contribution in [0.5, 0.6) is 5.75 Å². The van der Waals surface area contributed by atoms with Crippen molar-refractivity contribution in [2.45, 2.75) is 31.4 Å². The number of phenols is 1. The third kappa shape index (κ3) is 3.39. The highest BCUT2D eigenvalue weighted by atomic mass is 19.1. The van der Waals surface area contributed by atoms with E-state index in [4.69, 9.17) is 0 Å². The molecule has 2 unspecified atom stereocenters. The molecule has 3 aromatic rings. The molecule has 2 aromatic carbocycles. The number of likely N-dealkylation sites (tertiary alicyclic amines) is 1. The average Bonchev–Trinajstić information content (AvgIpc) is 3.38. The van der Waals surface area contributed by atoms with Gasteiger partial charge in [0, 0.05) is 18.7 Å². The van der Waals surface area contributed by atoms with Gasteiger partial charge in [-0.3, -0.25) is 4.79 Å². The Kier molecular flexibility index (Phi) is 4.98. The topological polar surface area (TPSA) is 78.6 Å². The largest absolute Gasteiger partial charge is 0.504 e. The normalized spacial score (nSPS) is 19.2. The van der Waals surface area contributed by atoms with Crippen LogP contribution in [-0.2, 0) is 0 Å². The highest BCUT2D eigenvalue weighted by molar-refractivity contribution is 5.96. The quantitative estimate of drug-likeness (QED) is 0.675. The van der Waals surface area contributed by atoms with Crippen molar-refractivity contribution in [3.63, 3.8) is 0 Å². The Bertz CT molecular complexity index is 1120. The summed E-state index contributed by atoms with van der Waals surface area (Å²) in [6.45, 7) is 0.933. The summed E-state index contributed by atoms with van der Waals surface area (Å²) >= 11 is 0. The molecule has 2 N–H and O–H groups in total. The van der Waals surface area contributed by atoms with Crippen LogP contribution in [0.1, 0.15) is 41.2 Å². The number of aliphatic hydroxyl groups is 1. The molecule has 2 aliphatic rings. The number of piperidine rings is 1. The number of fused-ring (bicyclic) bond motifs is 3. The zero-order valence-electron chi connectivity index (χ0n) is 17.0. The Balaban J connectivity index is 1.25. The number of rotatable bonds is 4. The smallest absolute Gasteiger partial charge is 0.257 e. The van der Waals surface area contributed by atoms with Gasteiger partial charge in [0.25, 0.3) is 5.91 Å². The number of aromatic nitrogens is 2. The SMILES string of the molecule is O=C(c1cccc(F)c1O)N1CCC(C(O)CC2c3ccccc3-c3cncn32)CC1. The first-order valence-electron chi connectivity index (χ1n) is 10.6. The van der Waals surface area contributed by atoms with Crippen LogP contribution in [0.2, 0.25) is 0 Å². The number of benzene rings is 2. The Morgan fingerprint density at radius 3 is 2.74 bits per heavy atom. The van der Waals surface area contributed by atoms with E-state index in [1.54, 1.807) is 4.90 Å². The first kappa shape index (κ1) is 19.8. The van der Waals surface area contributed by atoms with Gasteiger partial charge in [-0.1, -0.05) is 30.3 Å². The van der Waals surface area contributed by atoms with Crippen molar-refractivity contribution in [1.29, 1.82) is 0 Å². The maximum Gasteiger partial charge on any atom is 0.257 e. The standard InChI is InChI=1S/C24H24FN3O3/c25-19-7-3-6-18(23(19)30)24(31)27-10-8-15(9-11-27)22(29)12-20-16-4-1-2-5-17(16)21-13-26-14-28(20)21/h1-7,13-15,20,22,29-30H,8-12H2. The summed E-state index contributed by atoms with van der Waals surface area (Å²) in [5.74, 6) is -1.71. The first-order valence-corrected chi connectivity index (χ1v) is 10.6. The molecular weight excluding hydrogens is 397 g/mol. The zero-order chi connectivity index (χ0) is 21.5. The fourth-order valence-corrected chi connectivity index (χ4v) is 4.94. The second kappa shape index (κ2) is 7.81. The van der Waals surface area contributed by atoms with Gasteiger partial charge >= 0.3 is 0 Å². The summed E-state index contributed by atoms with van der Waals surface area (Å²) in [5.41, 5.74) is 3.41. The predicted octanol–water partition coefficient (Wildman–Crippen LogP) is 3.60. The van der Waals surface area contributed by atoms with E-state index in [2.05, 4.69) is 21.7 Å². The number of amides is 1. The third-order valence-electron chi connectivity index (χ3n) is 6.65. The van der Waals surface area contributed by atoms with Gasteiger partial charge in [-0.15, -0.1) is 0 Å². The second-order valence-electron chi connectivity index (χ2n) is 8.36. The second-order valence-corrected chi connectivity index (χ2v) is 8.36. The molecule has 1 fully saturated rings. The maximum absolute atomic E-state index is 13.6. The van der Waals surface area contributed by atoms with Gasteiger partial charge < -0.3 is 19.7 Å². The lowest BCUT2D eigenvalue weighted by Gasteiger charge is -2.35. The monoisotopic (exact) mass is 421 g/mol. The Hall–Kier alpha value is -3.19. The molecule has 0 saturated carbocycles. The molecular formula is C24H24FN3O3. The number of phenolic OH excluding ortho intramolecular Hbond substituents is 1. The number of carbonyl (C=O) groups excluding carboxylic acids is 1. The van der Waals surface area contributed by atoms with E-state index in [1.165, 1.54) is 17.7 Å². The van der Waals surface area contributed by atoms with E-state index in [0.717, 1.165) is 17.3 Å². The van der Waals surface area contributed by atoms with Crippen molar-refractivity contribution >= 4 is 5.91 Å². The van der Waals surface area contributed by atoms with Crippen LogP contribution in [0, 0.1) is 11.7 Å². The minimum Gasteiger partial charge on any atom is -0.504 e. The molecule has 6 nitrogen and oxygen atoms in total. The highest BCUT2D eigenvalue weighted by Gasteiger charge is 2.34. The molecule has 0 bridgehead atoms. The van der Waals surface area contributed by atoms with Crippen molar-refractivity contribution in [2.24, 2.45) is 5.92 Å². The summed E-state index contributed by atoms with van der Waals surface area (Å²) in [6.07, 6.45) is 5.08. The minimum atomic E-state index is -0.799. The lowest BCUT2D eigenvalue weighted by atomic mass is 9.86. The molecule has 0 aliphatic carbocycles. The van der Waals surface area contributed by atoms with Gasteiger partial charge in [0.2, 0.25) is 0 Å². The molecule has 1 saturated heterocycles. The van der Waals surface area contributed by atoms with Gasteiger partial charge in [-0.25, -0.2) is 9.37 Å². The number of hydrogen-bond acceptors (Lipinski definition) is 4. The Morgan fingerprint density at radius 2 is 1.94 bits per heavy atom. The van der Waals surface area contributed by atoms with Crippen molar-refractivity contribution in [3.05, 3.63) is 71.9 Å². The molecule has 0 spiro atoms. The summed E-state index contributed by atoms with van der Waals surface area (Å²) < 4.78 is 15.7. The van der Waals surface area contributed by atoms with E-state index in [-0.39, 0.29) is 23.4 Å². The summed E-state index contributed by atoms with van der Waals surface area (Å²) in [4.78, 5) is 18.6. The van der Waals surface area contributed by atoms with Crippen molar-refractivity contribution < 1.29 is 19.4 Å². The molecule has 7 heteroatoms. The fraction of sp³-hybridized carbons (Fsp3) is 0.333. The van der Waals surface area contributed by atoms with E-state index < -0.39 is 17.7 Å². The zero-order valence-corrected chi connectivity index (χ0v) is 17.0. The van der Waals surface area contributed by atoms with E-state index in [0.29, 0.717) is 32.4 Å². The number of carbonyl (C=O) groups is 1. The molecule has 1 amide bonds. The molecule has 1 aromatic heterocycles. The van der Waals surface area contributed by atoms with E-state index in [1.807, 2.05) is 24.7 Å². The van der Waals surface area contributed by atoms with Gasteiger partial charge in [-0.05, 0) is 42.9 Å². The number of aliphatic hydroxyl groups excluding tert-OH is 1. The lowest BCUT2D eigenvalue weighted by Crippen LogP contribution is -2.41. The van der Waals surface area contributed by atoms with Gasteiger partial charge in [0.1, 0.15) is 0 Å². The number of aromatic hydroxyl groups is 1.